The van der Waals surface area contributed by atoms with Crippen LogP contribution in [0.1, 0.15) is 17.3 Å². The van der Waals surface area contributed by atoms with E-state index in [9.17, 15) is 13.2 Å². The van der Waals surface area contributed by atoms with Gasteiger partial charge in [0.25, 0.3) is 5.91 Å². The largest absolute Gasteiger partial charge is 0.318 e. The van der Waals surface area contributed by atoms with Gasteiger partial charge in [-0.3, -0.25) is 4.79 Å². The number of fused-ring (bicyclic) bond motifs is 1. The quantitative estimate of drug-likeness (QED) is 0.627. The smallest absolute Gasteiger partial charge is 0.280 e. The molecule has 0 saturated carbocycles. The van der Waals surface area contributed by atoms with E-state index in [1.807, 2.05) is 29.8 Å². The zero-order chi connectivity index (χ0) is 18.2. The van der Waals surface area contributed by atoms with E-state index < -0.39 is 15.7 Å². The Morgan fingerprint density at radius 1 is 1.20 bits per heavy atom. The number of amides is 1. The van der Waals surface area contributed by atoms with Crippen LogP contribution >= 0.6 is 27.3 Å². The van der Waals surface area contributed by atoms with E-state index in [0.29, 0.717) is 4.80 Å². The fourth-order valence-electron chi connectivity index (χ4n) is 2.48. The van der Waals surface area contributed by atoms with Crippen molar-refractivity contribution in [1.29, 1.82) is 0 Å². The molecule has 0 N–H and O–H groups in total. The van der Waals surface area contributed by atoms with Gasteiger partial charge in [-0.2, -0.15) is 4.99 Å². The number of thiazole rings is 1. The summed E-state index contributed by atoms with van der Waals surface area (Å²) in [6.07, 6.45) is 0. The molecule has 0 fully saturated rings. The molecule has 0 aliphatic carbocycles. The number of hydrogen-bond donors (Lipinski definition) is 0. The number of aromatic nitrogens is 1. The summed E-state index contributed by atoms with van der Waals surface area (Å²) < 4.78 is 28.2. The molecule has 5 nitrogen and oxygen atoms in total. The van der Waals surface area contributed by atoms with Crippen LogP contribution in [0.2, 0.25) is 0 Å². The second kappa shape index (κ2) is 6.86. The zero-order valence-electron chi connectivity index (χ0n) is 13.6. The molecule has 0 aliphatic rings. The van der Waals surface area contributed by atoms with Crippen molar-refractivity contribution in [3.63, 3.8) is 0 Å². The van der Waals surface area contributed by atoms with Crippen molar-refractivity contribution in [2.45, 2.75) is 11.8 Å². The third-order valence-electron chi connectivity index (χ3n) is 3.80. The average molecular weight is 439 g/mol. The minimum Gasteiger partial charge on any atom is -0.318 e. The Kier molecular flexibility index (Phi) is 4.95. The summed E-state index contributed by atoms with van der Waals surface area (Å²) in [4.78, 5) is 17.4. The van der Waals surface area contributed by atoms with Crippen molar-refractivity contribution in [3.8, 4) is 0 Å². The number of rotatable bonds is 3. The van der Waals surface area contributed by atoms with Gasteiger partial charge in [0.2, 0.25) is 0 Å². The van der Waals surface area contributed by atoms with E-state index >= 15 is 0 Å². The summed E-state index contributed by atoms with van der Waals surface area (Å²) in [6.45, 7) is 1.55. The van der Waals surface area contributed by atoms with Gasteiger partial charge in [0.05, 0.1) is 26.4 Å². The lowest BCUT2D eigenvalue weighted by Crippen LogP contribution is -2.15. The van der Waals surface area contributed by atoms with Crippen LogP contribution in [0, 0.1) is 0 Å². The van der Waals surface area contributed by atoms with Gasteiger partial charge in [-0.05, 0) is 40.2 Å². The van der Waals surface area contributed by atoms with E-state index in [1.54, 1.807) is 19.1 Å². The molecule has 0 spiro atoms. The molecule has 0 unspecified atom stereocenters. The minimum atomic E-state index is -3.50. The normalized spacial score (nSPS) is 12.7. The number of sulfone groups is 1. The Labute approximate surface area is 157 Å². The number of hydrogen-bond acceptors (Lipinski definition) is 4. The third-order valence-corrected chi connectivity index (χ3v) is 7.33. The van der Waals surface area contributed by atoms with Gasteiger partial charge in [0, 0.05) is 11.5 Å². The molecule has 130 valence electrons. The highest BCUT2D eigenvalue weighted by atomic mass is 79.9. The molecule has 0 bridgehead atoms. The predicted octanol–water partition coefficient (Wildman–Crippen LogP) is 3.54. The molecule has 8 heteroatoms. The number of carbonyl (C=O) groups is 1. The van der Waals surface area contributed by atoms with Gasteiger partial charge in [-0.15, -0.1) is 0 Å². The van der Waals surface area contributed by atoms with Crippen LogP contribution in [0.4, 0.5) is 0 Å². The van der Waals surface area contributed by atoms with Crippen molar-refractivity contribution in [2.75, 3.05) is 5.75 Å². The van der Waals surface area contributed by atoms with Crippen LogP contribution in [0.5, 0.6) is 0 Å². The maximum atomic E-state index is 12.7. The molecular weight excluding hydrogens is 424 g/mol. The van der Waals surface area contributed by atoms with Crippen LogP contribution < -0.4 is 4.80 Å². The molecular formula is C17H15BrN2O3S2. The van der Waals surface area contributed by atoms with Crippen LogP contribution in [-0.4, -0.2) is 24.6 Å². The fourth-order valence-corrected chi connectivity index (χ4v) is 5.38. The molecule has 3 aromatic rings. The van der Waals surface area contributed by atoms with E-state index in [0.717, 1.165) is 14.7 Å². The van der Waals surface area contributed by atoms with Crippen LogP contribution in [0.15, 0.2) is 56.8 Å². The predicted molar refractivity (Wildman–Crippen MR) is 103 cm³/mol. The second-order valence-electron chi connectivity index (χ2n) is 5.35. The van der Waals surface area contributed by atoms with Gasteiger partial charge in [-0.1, -0.05) is 36.5 Å². The number of benzene rings is 2. The lowest BCUT2D eigenvalue weighted by molar-refractivity contribution is 0.0995. The minimum absolute atomic E-state index is 0.0243. The van der Waals surface area contributed by atoms with Gasteiger partial charge >= 0.3 is 0 Å². The van der Waals surface area contributed by atoms with Crippen LogP contribution in [-0.2, 0) is 16.9 Å². The molecule has 1 aromatic heterocycles. The standard InChI is InChI=1S/C17H15BrN2O3S2/c1-3-25(22,23)14-10-5-4-7-11(14)16(21)19-17-20(2)15-12(18)8-6-9-13(15)24-17/h4-10H,3H2,1-2H3. The van der Waals surface area contributed by atoms with Crippen LogP contribution in [0.3, 0.4) is 0 Å². The Morgan fingerprint density at radius 2 is 1.92 bits per heavy atom. The molecule has 1 heterocycles. The molecule has 3 rings (SSSR count). The first kappa shape index (κ1) is 18.0. The second-order valence-corrected chi connectivity index (χ2v) is 9.46. The Bertz CT molecular complexity index is 1140. The van der Waals surface area contributed by atoms with Crippen molar-refractivity contribution in [3.05, 3.63) is 57.3 Å². The number of para-hydroxylation sites is 1. The highest BCUT2D eigenvalue weighted by Gasteiger charge is 2.20. The Morgan fingerprint density at radius 3 is 2.60 bits per heavy atom. The van der Waals surface area contributed by atoms with Crippen molar-refractivity contribution < 1.29 is 13.2 Å². The van der Waals surface area contributed by atoms with Gasteiger partial charge in [0.1, 0.15) is 0 Å². The number of halogens is 1. The molecule has 2 aromatic carbocycles. The SMILES string of the molecule is CCS(=O)(=O)c1ccccc1C(=O)N=c1sc2cccc(Br)c2n1C. The first-order valence-electron chi connectivity index (χ1n) is 7.50. The van der Waals surface area contributed by atoms with Crippen LogP contribution in [0.25, 0.3) is 10.2 Å². The van der Waals surface area contributed by atoms with Gasteiger partial charge < -0.3 is 4.57 Å². The average Bonchev–Trinajstić information content (AvgIpc) is 2.92. The molecule has 0 atom stereocenters. The van der Waals surface area contributed by atoms with E-state index in [-0.39, 0.29) is 16.2 Å². The van der Waals surface area contributed by atoms with E-state index in [1.165, 1.54) is 23.5 Å². The summed E-state index contributed by atoms with van der Waals surface area (Å²) in [5.41, 5.74) is 1.04. The Balaban J connectivity index is 2.18. The third kappa shape index (κ3) is 3.33. The number of aryl methyl sites for hydroxylation is 1. The number of nitrogens with zero attached hydrogens (tertiary/aromatic N) is 2. The first-order valence-corrected chi connectivity index (χ1v) is 10.8. The summed E-state index contributed by atoms with van der Waals surface area (Å²) in [5, 5.41) is 0. The maximum Gasteiger partial charge on any atom is 0.280 e. The summed E-state index contributed by atoms with van der Waals surface area (Å²) in [5.74, 6) is -0.633. The summed E-state index contributed by atoms with van der Waals surface area (Å²) in [7, 11) is -1.68. The summed E-state index contributed by atoms with van der Waals surface area (Å²) >= 11 is 4.88. The molecule has 0 radical (unpaired) electrons. The molecule has 25 heavy (non-hydrogen) atoms. The highest BCUT2D eigenvalue weighted by molar-refractivity contribution is 9.10. The van der Waals surface area contributed by atoms with E-state index in [4.69, 9.17) is 0 Å². The molecule has 0 aliphatic heterocycles. The molecule has 0 saturated heterocycles. The fraction of sp³-hybridized carbons (Fsp3) is 0.176. The van der Waals surface area contributed by atoms with Gasteiger partial charge in [0.15, 0.2) is 14.6 Å². The lowest BCUT2D eigenvalue weighted by Gasteiger charge is -2.05. The number of carbonyl (C=O) groups excluding carboxylic acids is 1. The highest BCUT2D eigenvalue weighted by Crippen LogP contribution is 2.25. The monoisotopic (exact) mass is 438 g/mol. The Hall–Kier alpha value is -1.77. The first-order chi connectivity index (χ1) is 11.8. The lowest BCUT2D eigenvalue weighted by atomic mass is 10.2. The topological polar surface area (TPSA) is 68.5 Å². The van der Waals surface area contributed by atoms with Crippen molar-refractivity contribution in [1.82, 2.24) is 4.57 Å². The maximum absolute atomic E-state index is 12.7. The summed E-state index contributed by atoms with van der Waals surface area (Å²) in [6, 6.07) is 12.0. The van der Waals surface area contributed by atoms with Crippen molar-refractivity contribution >= 4 is 53.2 Å². The zero-order valence-corrected chi connectivity index (χ0v) is 16.8. The molecule has 1 amide bonds. The van der Waals surface area contributed by atoms with Crippen molar-refractivity contribution in [2.24, 2.45) is 12.0 Å². The van der Waals surface area contributed by atoms with E-state index in [2.05, 4.69) is 20.9 Å². The van der Waals surface area contributed by atoms with Gasteiger partial charge in [-0.25, -0.2) is 8.42 Å².